The van der Waals surface area contributed by atoms with Crippen molar-refractivity contribution < 1.29 is 35.5 Å². The highest BCUT2D eigenvalue weighted by molar-refractivity contribution is 5.76. The molecule has 1 aliphatic heterocycles. The second-order valence-corrected chi connectivity index (χ2v) is 9.11. The minimum Gasteiger partial charge on any atom is -0.319 e. The van der Waals surface area contributed by atoms with Crippen molar-refractivity contribution in [1.82, 2.24) is 15.1 Å². The molecule has 192 valence electrons. The van der Waals surface area contributed by atoms with Gasteiger partial charge in [-0.2, -0.15) is 26.3 Å². The summed E-state index contributed by atoms with van der Waals surface area (Å²) in [7, 11) is 1.34. The molecular weight excluding hydrogens is 479 g/mol. The number of hydrogen-bond acceptors (Lipinski definition) is 2. The van der Waals surface area contributed by atoms with Crippen LogP contribution >= 0.6 is 0 Å². The summed E-state index contributed by atoms with van der Waals surface area (Å²) in [4.78, 5) is 16.2. The number of rotatable bonds is 3. The van der Waals surface area contributed by atoms with Crippen LogP contribution in [0.2, 0.25) is 0 Å². The van der Waals surface area contributed by atoms with Crippen LogP contribution in [0.25, 0.3) is 0 Å². The van der Waals surface area contributed by atoms with Crippen LogP contribution < -0.4 is 5.32 Å². The molecule has 35 heavy (non-hydrogen) atoms. The lowest BCUT2D eigenvalue weighted by Gasteiger charge is -2.44. The standard InChI is InChI=1S/C24H26F7N3O/c1-14-9-18(25)5-6-19(14)20-13-32-7-8-34(20)21(35)33(4)22(2,3)15-10-16(23(26,27)28)12-17(11-15)24(29,30)31/h5-6,9-12,20,32H,7-8,13H2,1-4H3/t20-/m1/s1. The van der Waals surface area contributed by atoms with E-state index in [0.717, 1.165) is 4.90 Å². The Labute approximate surface area is 198 Å². The molecule has 0 aromatic heterocycles. The Kier molecular flexibility index (Phi) is 7.14. The molecule has 1 atom stereocenters. The fourth-order valence-corrected chi connectivity index (χ4v) is 4.16. The summed E-state index contributed by atoms with van der Waals surface area (Å²) < 4.78 is 94.0. The van der Waals surface area contributed by atoms with Crippen molar-refractivity contribution in [3.63, 3.8) is 0 Å². The van der Waals surface area contributed by atoms with Gasteiger partial charge >= 0.3 is 18.4 Å². The molecule has 0 aliphatic carbocycles. The van der Waals surface area contributed by atoms with Gasteiger partial charge in [-0.1, -0.05) is 6.07 Å². The minimum absolute atomic E-state index is 0.0606. The lowest BCUT2D eigenvalue weighted by molar-refractivity contribution is -0.143. The molecular formula is C24H26F7N3O. The molecule has 0 bridgehead atoms. The van der Waals surface area contributed by atoms with Crippen LogP contribution in [0.3, 0.4) is 0 Å². The zero-order valence-electron chi connectivity index (χ0n) is 19.6. The molecule has 1 fully saturated rings. The number of urea groups is 1. The van der Waals surface area contributed by atoms with Crippen LogP contribution in [0.1, 0.15) is 47.7 Å². The average Bonchev–Trinajstić information content (AvgIpc) is 2.76. The first-order chi connectivity index (χ1) is 16.0. The fourth-order valence-electron chi connectivity index (χ4n) is 4.16. The number of piperazine rings is 1. The lowest BCUT2D eigenvalue weighted by atomic mass is 9.89. The van der Waals surface area contributed by atoms with Crippen LogP contribution in [0.5, 0.6) is 0 Å². The third kappa shape index (κ3) is 5.55. The van der Waals surface area contributed by atoms with Gasteiger partial charge in [0.25, 0.3) is 0 Å². The van der Waals surface area contributed by atoms with E-state index in [1.807, 2.05) is 0 Å². The van der Waals surface area contributed by atoms with E-state index in [1.165, 1.54) is 37.9 Å². The Bertz CT molecular complexity index is 1060. The van der Waals surface area contributed by atoms with Gasteiger partial charge in [-0.25, -0.2) is 9.18 Å². The molecule has 2 amide bonds. The van der Waals surface area contributed by atoms with Gasteiger partial charge in [-0.15, -0.1) is 0 Å². The van der Waals surface area contributed by atoms with Crippen molar-refractivity contribution in [3.05, 3.63) is 70.0 Å². The summed E-state index contributed by atoms with van der Waals surface area (Å²) in [6, 6.07) is 4.44. The number of benzene rings is 2. The molecule has 0 spiro atoms. The predicted molar refractivity (Wildman–Crippen MR) is 116 cm³/mol. The van der Waals surface area contributed by atoms with Gasteiger partial charge in [-0.3, -0.25) is 0 Å². The van der Waals surface area contributed by atoms with Crippen LogP contribution in [-0.2, 0) is 17.9 Å². The summed E-state index contributed by atoms with van der Waals surface area (Å²) in [5.74, 6) is -0.434. The number of nitrogens with one attached hydrogen (secondary N) is 1. The Morgan fingerprint density at radius 3 is 2.03 bits per heavy atom. The summed E-state index contributed by atoms with van der Waals surface area (Å²) in [6.45, 7) is 5.52. The minimum atomic E-state index is -5.00. The van der Waals surface area contributed by atoms with E-state index in [1.54, 1.807) is 13.0 Å². The van der Waals surface area contributed by atoms with E-state index in [4.69, 9.17) is 0 Å². The van der Waals surface area contributed by atoms with Gasteiger partial charge in [-0.05, 0) is 67.8 Å². The van der Waals surface area contributed by atoms with Crippen molar-refractivity contribution >= 4 is 6.03 Å². The Morgan fingerprint density at radius 2 is 1.51 bits per heavy atom. The van der Waals surface area contributed by atoms with Crippen molar-refractivity contribution in [2.75, 3.05) is 26.7 Å². The van der Waals surface area contributed by atoms with Crippen molar-refractivity contribution in [3.8, 4) is 0 Å². The van der Waals surface area contributed by atoms with Crippen LogP contribution in [0.15, 0.2) is 36.4 Å². The maximum atomic E-state index is 13.6. The average molecular weight is 505 g/mol. The van der Waals surface area contributed by atoms with E-state index in [9.17, 15) is 35.5 Å². The first kappa shape index (κ1) is 26.8. The number of carbonyl (C=O) groups excluding carboxylic acids is 1. The SMILES string of the molecule is Cc1cc(F)ccc1[C@H]1CNCCN1C(=O)N(C)C(C)(C)c1cc(C(F)(F)F)cc(C(F)(F)F)c1. The number of alkyl halides is 6. The molecule has 2 aromatic carbocycles. The topological polar surface area (TPSA) is 35.6 Å². The smallest absolute Gasteiger partial charge is 0.319 e. The molecule has 0 saturated carbocycles. The monoisotopic (exact) mass is 505 g/mol. The number of nitrogens with zero attached hydrogens (tertiary/aromatic N) is 2. The first-order valence-electron chi connectivity index (χ1n) is 10.8. The number of carbonyl (C=O) groups is 1. The molecule has 3 rings (SSSR count). The van der Waals surface area contributed by atoms with Crippen LogP contribution in [0, 0.1) is 12.7 Å². The Morgan fingerprint density at radius 1 is 0.971 bits per heavy atom. The van der Waals surface area contributed by atoms with Gasteiger partial charge < -0.3 is 15.1 Å². The Balaban J connectivity index is 2.00. The molecule has 11 heteroatoms. The molecule has 1 aliphatic rings. The van der Waals surface area contributed by atoms with E-state index in [-0.39, 0.29) is 18.2 Å². The highest BCUT2D eigenvalue weighted by atomic mass is 19.4. The second kappa shape index (κ2) is 9.33. The van der Waals surface area contributed by atoms with Gasteiger partial charge in [0.2, 0.25) is 0 Å². The van der Waals surface area contributed by atoms with Crippen molar-refractivity contribution in [1.29, 1.82) is 0 Å². The second-order valence-electron chi connectivity index (χ2n) is 9.11. The zero-order valence-corrected chi connectivity index (χ0v) is 19.6. The molecule has 2 aromatic rings. The highest BCUT2D eigenvalue weighted by Crippen LogP contribution is 2.40. The number of amides is 2. The zero-order chi connectivity index (χ0) is 26.3. The number of aryl methyl sites for hydroxylation is 1. The summed E-state index contributed by atoms with van der Waals surface area (Å²) in [5.41, 5.74) is -3.41. The predicted octanol–water partition coefficient (Wildman–Crippen LogP) is 6.11. The quantitative estimate of drug-likeness (QED) is 0.512. The number of halogens is 7. The van der Waals surface area contributed by atoms with Crippen LogP contribution in [0.4, 0.5) is 35.5 Å². The molecule has 4 nitrogen and oxygen atoms in total. The fraction of sp³-hybridized carbons (Fsp3) is 0.458. The maximum Gasteiger partial charge on any atom is 0.416 e. The van der Waals surface area contributed by atoms with E-state index < -0.39 is 46.9 Å². The summed E-state index contributed by atoms with van der Waals surface area (Å²) >= 11 is 0. The molecule has 0 unspecified atom stereocenters. The van der Waals surface area contributed by atoms with Gasteiger partial charge in [0, 0.05) is 26.7 Å². The summed E-state index contributed by atoms with van der Waals surface area (Å²) in [6.07, 6.45) is -10.0. The maximum absolute atomic E-state index is 13.6. The normalized spacial score (nSPS) is 17.5. The van der Waals surface area contributed by atoms with Gasteiger partial charge in [0.1, 0.15) is 5.82 Å². The Hall–Kier alpha value is -2.82. The number of hydrogen-bond donors (Lipinski definition) is 1. The summed E-state index contributed by atoms with van der Waals surface area (Å²) in [5, 5.41) is 3.16. The highest BCUT2D eigenvalue weighted by Gasteiger charge is 2.41. The first-order valence-corrected chi connectivity index (χ1v) is 10.8. The van der Waals surface area contributed by atoms with E-state index in [0.29, 0.717) is 36.3 Å². The van der Waals surface area contributed by atoms with Gasteiger partial charge in [0.05, 0.1) is 22.7 Å². The van der Waals surface area contributed by atoms with E-state index >= 15 is 0 Å². The third-order valence-corrected chi connectivity index (χ3v) is 6.50. The van der Waals surface area contributed by atoms with Gasteiger partial charge in [0.15, 0.2) is 0 Å². The largest absolute Gasteiger partial charge is 0.416 e. The van der Waals surface area contributed by atoms with E-state index in [2.05, 4.69) is 5.32 Å². The van der Waals surface area contributed by atoms with Crippen LogP contribution in [-0.4, -0.2) is 42.5 Å². The third-order valence-electron chi connectivity index (χ3n) is 6.50. The van der Waals surface area contributed by atoms with Crippen molar-refractivity contribution in [2.24, 2.45) is 0 Å². The molecule has 1 heterocycles. The molecule has 1 saturated heterocycles. The molecule has 1 N–H and O–H groups in total. The van der Waals surface area contributed by atoms with Crippen molar-refractivity contribution in [2.45, 2.75) is 44.7 Å². The lowest BCUT2D eigenvalue weighted by Crippen LogP contribution is -2.56. The molecule has 0 radical (unpaired) electrons.